The Morgan fingerprint density at radius 1 is 1.00 bits per heavy atom. The standard InChI is InChI=1S/C15H13NOS2/c1-17-12-6-3-4-7-15(12)19-14-9-5-8-13(18-2)11(14)10-16/h3-9H,1-2H3. The summed E-state index contributed by atoms with van der Waals surface area (Å²) in [6, 6.07) is 16.0. The quantitative estimate of drug-likeness (QED) is 0.778. The lowest BCUT2D eigenvalue weighted by Gasteiger charge is -2.10. The monoisotopic (exact) mass is 287 g/mol. The van der Waals surface area contributed by atoms with Crippen LogP contribution in [0.1, 0.15) is 5.56 Å². The summed E-state index contributed by atoms with van der Waals surface area (Å²) < 4.78 is 5.34. The van der Waals surface area contributed by atoms with E-state index in [1.54, 1.807) is 30.6 Å². The average Bonchev–Trinajstić information content (AvgIpc) is 2.47. The molecule has 0 aliphatic heterocycles. The maximum Gasteiger partial charge on any atom is 0.132 e. The fraction of sp³-hybridized carbons (Fsp3) is 0.133. The van der Waals surface area contributed by atoms with E-state index in [0.717, 1.165) is 26.0 Å². The van der Waals surface area contributed by atoms with Gasteiger partial charge >= 0.3 is 0 Å². The minimum absolute atomic E-state index is 0.728. The molecule has 0 aromatic heterocycles. The SMILES string of the molecule is COc1ccccc1Sc1cccc(SC)c1C#N. The van der Waals surface area contributed by atoms with Crippen molar-refractivity contribution in [1.29, 1.82) is 5.26 Å². The molecule has 0 amide bonds. The van der Waals surface area contributed by atoms with Crippen LogP contribution in [0.4, 0.5) is 0 Å². The molecule has 0 saturated carbocycles. The van der Waals surface area contributed by atoms with Crippen molar-refractivity contribution in [2.45, 2.75) is 14.7 Å². The predicted molar refractivity (Wildman–Crippen MR) is 80.1 cm³/mol. The van der Waals surface area contributed by atoms with Crippen molar-refractivity contribution in [2.75, 3.05) is 13.4 Å². The maximum absolute atomic E-state index is 9.33. The van der Waals surface area contributed by atoms with Crippen molar-refractivity contribution in [1.82, 2.24) is 0 Å². The van der Waals surface area contributed by atoms with E-state index in [1.807, 2.05) is 48.7 Å². The molecule has 4 heteroatoms. The van der Waals surface area contributed by atoms with Crippen LogP contribution in [-0.2, 0) is 0 Å². The highest BCUT2D eigenvalue weighted by molar-refractivity contribution is 8.00. The van der Waals surface area contributed by atoms with Gasteiger partial charge in [-0.25, -0.2) is 0 Å². The molecule has 0 radical (unpaired) electrons. The molecule has 96 valence electrons. The van der Waals surface area contributed by atoms with E-state index < -0.39 is 0 Å². The van der Waals surface area contributed by atoms with Crippen LogP contribution in [0.3, 0.4) is 0 Å². The van der Waals surface area contributed by atoms with E-state index in [4.69, 9.17) is 4.74 Å². The van der Waals surface area contributed by atoms with Crippen LogP contribution in [-0.4, -0.2) is 13.4 Å². The summed E-state index contributed by atoms with van der Waals surface area (Å²) in [5.41, 5.74) is 0.728. The molecule has 0 fully saturated rings. The Balaban J connectivity index is 2.41. The lowest BCUT2D eigenvalue weighted by Crippen LogP contribution is -1.88. The van der Waals surface area contributed by atoms with Gasteiger partial charge in [-0.15, -0.1) is 11.8 Å². The number of para-hydroxylation sites is 1. The zero-order chi connectivity index (χ0) is 13.7. The number of thioether (sulfide) groups is 1. The zero-order valence-corrected chi connectivity index (χ0v) is 12.3. The topological polar surface area (TPSA) is 33.0 Å². The van der Waals surface area contributed by atoms with Crippen LogP contribution in [0.25, 0.3) is 0 Å². The first-order valence-corrected chi connectivity index (χ1v) is 7.72. The molecule has 0 N–H and O–H groups in total. The number of methoxy groups -OCH3 is 1. The zero-order valence-electron chi connectivity index (χ0n) is 10.7. The molecule has 0 aliphatic carbocycles. The van der Waals surface area contributed by atoms with Gasteiger partial charge < -0.3 is 4.74 Å². The molecule has 0 saturated heterocycles. The van der Waals surface area contributed by atoms with Gasteiger partial charge in [-0.2, -0.15) is 5.26 Å². The lowest BCUT2D eigenvalue weighted by atomic mass is 10.2. The molecule has 19 heavy (non-hydrogen) atoms. The summed E-state index contributed by atoms with van der Waals surface area (Å²) >= 11 is 3.15. The fourth-order valence-electron chi connectivity index (χ4n) is 1.70. The maximum atomic E-state index is 9.33. The van der Waals surface area contributed by atoms with Gasteiger partial charge in [-0.3, -0.25) is 0 Å². The van der Waals surface area contributed by atoms with E-state index in [9.17, 15) is 5.26 Å². The Morgan fingerprint density at radius 2 is 1.68 bits per heavy atom. The first-order chi connectivity index (χ1) is 9.30. The largest absolute Gasteiger partial charge is 0.496 e. The number of hydrogen-bond acceptors (Lipinski definition) is 4. The van der Waals surface area contributed by atoms with Crippen LogP contribution in [0, 0.1) is 11.3 Å². The second-order valence-corrected chi connectivity index (χ2v) is 5.63. The third-order valence-corrected chi connectivity index (χ3v) is 4.51. The molecule has 2 rings (SSSR count). The van der Waals surface area contributed by atoms with Gasteiger partial charge in [0.25, 0.3) is 0 Å². The van der Waals surface area contributed by atoms with Gasteiger partial charge in [0.1, 0.15) is 11.8 Å². The molecular formula is C15H13NOS2. The highest BCUT2D eigenvalue weighted by atomic mass is 32.2. The highest BCUT2D eigenvalue weighted by Crippen LogP contribution is 2.38. The van der Waals surface area contributed by atoms with Crippen molar-refractivity contribution in [3.63, 3.8) is 0 Å². The van der Waals surface area contributed by atoms with Gasteiger partial charge in [0.2, 0.25) is 0 Å². The van der Waals surface area contributed by atoms with E-state index in [0.29, 0.717) is 0 Å². The van der Waals surface area contributed by atoms with Gasteiger partial charge in [-0.1, -0.05) is 30.0 Å². The summed E-state index contributed by atoms with van der Waals surface area (Å²) in [6.45, 7) is 0. The molecule has 0 bridgehead atoms. The van der Waals surface area contributed by atoms with Crippen molar-refractivity contribution < 1.29 is 4.74 Å². The first-order valence-electron chi connectivity index (χ1n) is 5.68. The number of hydrogen-bond donors (Lipinski definition) is 0. The molecule has 2 aromatic rings. The van der Waals surface area contributed by atoms with Crippen LogP contribution < -0.4 is 4.74 Å². The summed E-state index contributed by atoms with van der Waals surface area (Å²) in [5.74, 6) is 0.825. The molecule has 2 aromatic carbocycles. The number of benzene rings is 2. The summed E-state index contributed by atoms with van der Waals surface area (Å²) in [5, 5.41) is 9.33. The number of rotatable bonds is 4. The molecule has 0 spiro atoms. The van der Waals surface area contributed by atoms with Gasteiger partial charge in [0.15, 0.2) is 0 Å². The Hall–Kier alpha value is -1.57. The summed E-state index contributed by atoms with van der Waals surface area (Å²) in [7, 11) is 1.66. The second-order valence-electron chi connectivity index (χ2n) is 3.70. The number of nitrogens with zero attached hydrogens (tertiary/aromatic N) is 1. The average molecular weight is 287 g/mol. The normalized spacial score (nSPS) is 9.95. The third-order valence-electron chi connectivity index (χ3n) is 2.61. The fourth-order valence-corrected chi connectivity index (χ4v) is 3.38. The van der Waals surface area contributed by atoms with Crippen molar-refractivity contribution >= 4 is 23.5 Å². The molecule has 0 unspecified atom stereocenters. The summed E-state index contributed by atoms with van der Waals surface area (Å²) in [4.78, 5) is 2.97. The van der Waals surface area contributed by atoms with Crippen molar-refractivity contribution in [3.8, 4) is 11.8 Å². The summed E-state index contributed by atoms with van der Waals surface area (Å²) in [6.07, 6.45) is 1.98. The van der Waals surface area contributed by atoms with Crippen LogP contribution in [0.15, 0.2) is 57.2 Å². The Kier molecular flexibility index (Phi) is 4.78. The van der Waals surface area contributed by atoms with Crippen LogP contribution >= 0.6 is 23.5 Å². The van der Waals surface area contributed by atoms with Gasteiger partial charge in [0.05, 0.1) is 17.6 Å². The second kappa shape index (κ2) is 6.55. The number of ether oxygens (including phenoxy) is 1. The van der Waals surface area contributed by atoms with Crippen molar-refractivity contribution in [2.24, 2.45) is 0 Å². The predicted octanol–water partition coefficient (Wildman–Crippen LogP) is 4.44. The minimum atomic E-state index is 0.728. The van der Waals surface area contributed by atoms with E-state index in [-0.39, 0.29) is 0 Å². The van der Waals surface area contributed by atoms with Crippen LogP contribution in [0.5, 0.6) is 5.75 Å². The van der Waals surface area contributed by atoms with Gasteiger partial charge in [-0.05, 0) is 30.5 Å². The van der Waals surface area contributed by atoms with E-state index in [1.165, 1.54) is 0 Å². The smallest absolute Gasteiger partial charge is 0.132 e. The van der Waals surface area contributed by atoms with Gasteiger partial charge in [0, 0.05) is 9.79 Å². The Labute approximate surface area is 121 Å². The minimum Gasteiger partial charge on any atom is -0.496 e. The van der Waals surface area contributed by atoms with Crippen molar-refractivity contribution in [3.05, 3.63) is 48.0 Å². The highest BCUT2D eigenvalue weighted by Gasteiger charge is 2.11. The Morgan fingerprint density at radius 3 is 2.37 bits per heavy atom. The van der Waals surface area contributed by atoms with Crippen LogP contribution in [0.2, 0.25) is 0 Å². The molecule has 2 nitrogen and oxygen atoms in total. The first kappa shape index (κ1) is 13.9. The molecule has 0 heterocycles. The molecule has 0 atom stereocenters. The van der Waals surface area contributed by atoms with E-state index in [2.05, 4.69) is 6.07 Å². The Bertz CT molecular complexity index is 620. The lowest BCUT2D eigenvalue weighted by molar-refractivity contribution is 0.405. The number of nitriles is 1. The van der Waals surface area contributed by atoms with E-state index >= 15 is 0 Å². The third kappa shape index (κ3) is 3.06. The molecular weight excluding hydrogens is 274 g/mol. The molecule has 0 aliphatic rings.